The summed E-state index contributed by atoms with van der Waals surface area (Å²) < 4.78 is 0. The Balaban J connectivity index is 1.62. The lowest BCUT2D eigenvalue weighted by atomic mass is 9.72. The molecule has 2 aliphatic carbocycles. The molecule has 37 heavy (non-hydrogen) atoms. The van der Waals surface area contributed by atoms with Gasteiger partial charge in [0.05, 0.1) is 0 Å². The molecule has 0 atom stereocenters. The first-order chi connectivity index (χ1) is 18.1. The van der Waals surface area contributed by atoms with Gasteiger partial charge in [-0.1, -0.05) is 89.8 Å². The van der Waals surface area contributed by atoms with Gasteiger partial charge in [0.15, 0.2) is 0 Å². The molecule has 0 heterocycles. The Morgan fingerprint density at radius 1 is 0.622 bits per heavy atom. The van der Waals surface area contributed by atoms with Gasteiger partial charge in [-0.2, -0.15) is 0 Å². The summed E-state index contributed by atoms with van der Waals surface area (Å²) in [6, 6.07) is 29.1. The van der Waals surface area contributed by atoms with Crippen LogP contribution in [0.2, 0.25) is 0 Å². The van der Waals surface area contributed by atoms with Crippen LogP contribution in [0.5, 0.6) is 0 Å². The molecule has 0 N–H and O–H groups in total. The van der Waals surface area contributed by atoms with Crippen LogP contribution >= 0.6 is 0 Å². The Kier molecular flexibility index (Phi) is 5.47. The lowest BCUT2D eigenvalue weighted by molar-refractivity contribution is 0.834. The zero-order valence-corrected chi connectivity index (χ0v) is 21.0. The number of benzene rings is 4. The van der Waals surface area contributed by atoms with E-state index in [0.29, 0.717) is 0 Å². The fourth-order valence-electron chi connectivity index (χ4n) is 5.63. The van der Waals surface area contributed by atoms with E-state index in [2.05, 4.69) is 134 Å². The van der Waals surface area contributed by atoms with Gasteiger partial charge in [0.25, 0.3) is 0 Å². The lowest BCUT2D eigenvalue weighted by Crippen LogP contribution is -2.25. The highest BCUT2D eigenvalue weighted by Gasteiger charge is 2.44. The maximum absolute atomic E-state index is 5.23. The Labute approximate surface area is 219 Å². The molecular formula is C37H24. The van der Waals surface area contributed by atoms with Crippen LogP contribution in [-0.2, 0) is 18.3 Å². The van der Waals surface area contributed by atoms with Gasteiger partial charge in [0, 0.05) is 0 Å². The van der Waals surface area contributed by atoms with Crippen molar-refractivity contribution in [2.45, 2.75) is 32.1 Å². The van der Waals surface area contributed by atoms with E-state index >= 15 is 0 Å². The first-order valence-corrected chi connectivity index (χ1v) is 12.5. The summed E-state index contributed by atoms with van der Waals surface area (Å²) >= 11 is 0. The molecule has 0 bridgehead atoms. The fraction of sp³-hybridized carbons (Fsp3) is 0.135. The Hall–Kier alpha value is -4.88. The van der Waals surface area contributed by atoms with Crippen molar-refractivity contribution >= 4 is 0 Å². The quantitative estimate of drug-likeness (QED) is 0.277. The minimum absolute atomic E-state index is 0.646. The zero-order valence-electron chi connectivity index (χ0n) is 21.0. The van der Waals surface area contributed by atoms with Crippen LogP contribution in [0.25, 0.3) is 22.3 Å². The monoisotopic (exact) mass is 468 g/mol. The van der Waals surface area contributed by atoms with E-state index in [1.165, 1.54) is 68.5 Å². The topological polar surface area (TPSA) is 0 Å². The van der Waals surface area contributed by atoms with Gasteiger partial charge < -0.3 is 0 Å². The van der Waals surface area contributed by atoms with Crippen molar-refractivity contribution in [1.82, 2.24) is 0 Å². The standard InChI is InChI=1S/C37H24/c1-4-5-6-7-8-9-21-37(32-12-10-11-29(25-32)31-18-16-28-15-17-30(28)24-31)35-22-26(2)13-19-33(35)34-20-14-27(3)23-36(34)37/h1,10-14,16,18-20,22-25H,15,17H2,2-3H3. The van der Waals surface area contributed by atoms with E-state index < -0.39 is 5.41 Å². The molecule has 0 saturated heterocycles. The molecule has 0 spiro atoms. The molecule has 4 aromatic rings. The minimum Gasteiger partial charge on any atom is -0.106 e. The third-order valence-corrected chi connectivity index (χ3v) is 7.52. The average molecular weight is 469 g/mol. The van der Waals surface area contributed by atoms with Gasteiger partial charge in [-0.05, 0) is 118 Å². The van der Waals surface area contributed by atoms with Crippen molar-refractivity contribution in [2.75, 3.05) is 0 Å². The van der Waals surface area contributed by atoms with Crippen LogP contribution in [0.4, 0.5) is 0 Å². The summed E-state index contributed by atoms with van der Waals surface area (Å²) in [5.41, 5.74) is 13.1. The van der Waals surface area contributed by atoms with E-state index in [1.807, 2.05) is 0 Å². The van der Waals surface area contributed by atoms with E-state index in [4.69, 9.17) is 6.42 Å². The molecule has 0 fully saturated rings. The largest absolute Gasteiger partial charge is 0.108 e. The van der Waals surface area contributed by atoms with Crippen LogP contribution in [0.1, 0.15) is 38.9 Å². The summed E-state index contributed by atoms with van der Waals surface area (Å²) in [6.07, 6.45) is 7.58. The summed E-state index contributed by atoms with van der Waals surface area (Å²) in [6.45, 7) is 4.28. The molecule has 0 unspecified atom stereocenters. The van der Waals surface area contributed by atoms with Crippen molar-refractivity contribution in [3.05, 3.63) is 118 Å². The Morgan fingerprint density at radius 2 is 1.27 bits per heavy atom. The average Bonchev–Trinajstić information content (AvgIpc) is 3.16. The van der Waals surface area contributed by atoms with Crippen molar-refractivity contribution in [1.29, 1.82) is 0 Å². The smallest absolute Gasteiger partial charge is 0.106 e. The van der Waals surface area contributed by atoms with Crippen LogP contribution in [0.3, 0.4) is 0 Å². The van der Waals surface area contributed by atoms with Gasteiger partial charge in [-0.15, -0.1) is 6.42 Å². The van der Waals surface area contributed by atoms with Crippen molar-refractivity contribution in [3.8, 4) is 70.1 Å². The van der Waals surface area contributed by atoms with Crippen molar-refractivity contribution in [2.24, 2.45) is 0 Å². The van der Waals surface area contributed by atoms with Gasteiger partial charge in [-0.25, -0.2) is 0 Å². The molecule has 0 aliphatic heterocycles. The predicted octanol–water partition coefficient (Wildman–Crippen LogP) is 7.03. The Morgan fingerprint density at radius 3 is 1.92 bits per heavy atom. The summed E-state index contributed by atoms with van der Waals surface area (Å²) in [5.74, 6) is 20.0. The number of aryl methyl sites for hydroxylation is 4. The van der Waals surface area contributed by atoms with Gasteiger partial charge >= 0.3 is 0 Å². The molecule has 2 aliphatic rings. The highest BCUT2D eigenvalue weighted by Crippen LogP contribution is 2.53. The predicted molar refractivity (Wildman–Crippen MR) is 153 cm³/mol. The first-order valence-electron chi connectivity index (χ1n) is 12.5. The molecule has 0 radical (unpaired) electrons. The molecule has 4 aromatic carbocycles. The second-order valence-corrected chi connectivity index (χ2v) is 9.81. The summed E-state index contributed by atoms with van der Waals surface area (Å²) in [7, 11) is 0. The second-order valence-electron chi connectivity index (χ2n) is 9.81. The van der Waals surface area contributed by atoms with Crippen LogP contribution < -0.4 is 0 Å². The number of hydrogen-bond acceptors (Lipinski definition) is 0. The SMILES string of the molecule is C#CC#CC#CC#CC1(c2cccc(-c3ccc4c(c3)CC4)c2)c2cc(C)ccc2-c2ccc(C)cc21. The molecule has 6 rings (SSSR count). The lowest BCUT2D eigenvalue weighted by Gasteiger charge is -2.28. The van der Waals surface area contributed by atoms with Gasteiger partial charge in [0.1, 0.15) is 5.41 Å². The maximum Gasteiger partial charge on any atom is 0.108 e. The molecular weight excluding hydrogens is 444 g/mol. The number of fused-ring (bicyclic) bond motifs is 4. The maximum atomic E-state index is 5.23. The second kappa shape index (κ2) is 8.96. The Bertz CT molecular complexity index is 1770. The normalized spacial score (nSPS) is 13.0. The number of hydrogen-bond donors (Lipinski definition) is 0. The zero-order chi connectivity index (χ0) is 25.4. The molecule has 172 valence electrons. The third-order valence-electron chi connectivity index (χ3n) is 7.52. The van der Waals surface area contributed by atoms with E-state index in [1.54, 1.807) is 0 Å². The minimum atomic E-state index is -0.646. The van der Waals surface area contributed by atoms with Crippen molar-refractivity contribution < 1.29 is 0 Å². The summed E-state index contributed by atoms with van der Waals surface area (Å²) in [4.78, 5) is 0. The molecule has 0 heteroatoms. The number of terminal acetylenes is 1. The fourth-order valence-corrected chi connectivity index (χ4v) is 5.63. The van der Waals surface area contributed by atoms with Crippen LogP contribution in [-0.4, -0.2) is 0 Å². The molecule has 0 amide bonds. The summed E-state index contributed by atoms with van der Waals surface area (Å²) in [5, 5.41) is 0. The molecule has 0 aromatic heterocycles. The molecule has 0 saturated carbocycles. The van der Waals surface area contributed by atoms with E-state index in [9.17, 15) is 0 Å². The van der Waals surface area contributed by atoms with Crippen LogP contribution in [0, 0.1) is 61.7 Å². The molecule has 0 nitrogen and oxygen atoms in total. The highest BCUT2D eigenvalue weighted by atomic mass is 14.4. The van der Waals surface area contributed by atoms with E-state index in [-0.39, 0.29) is 0 Å². The van der Waals surface area contributed by atoms with Gasteiger partial charge in [-0.3, -0.25) is 0 Å². The van der Waals surface area contributed by atoms with E-state index in [0.717, 1.165) is 5.56 Å². The third kappa shape index (κ3) is 3.73. The first kappa shape index (κ1) is 22.6. The number of rotatable bonds is 2. The highest BCUT2D eigenvalue weighted by molar-refractivity contribution is 5.87. The van der Waals surface area contributed by atoms with Gasteiger partial charge in [0.2, 0.25) is 0 Å². The van der Waals surface area contributed by atoms with Crippen LogP contribution in [0.15, 0.2) is 78.9 Å². The van der Waals surface area contributed by atoms with Crippen molar-refractivity contribution in [3.63, 3.8) is 0 Å².